The van der Waals surface area contributed by atoms with Gasteiger partial charge in [0.05, 0.1) is 0 Å². The molecule has 19 heavy (non-hydrogen) atoms. The van der Waals surface area contributed by atoms with Crippen molar-refractivity contribution >= 4 is 28.3 Å². The minimum atomic E-state index is 0.195. The molecule has 1 aliphatic carbocycles. The van der Waals surface area contributed by atoms with Gasteiger partial charge in [-0.25, -0.2) is 0 Å². The summed E-state index contributed by atoms with van der Waals surface area (Å²) in [6, 6.07) is 5.67. The van der Waals surface area contributed by atoms with Gasteiger partial charge in [0.1, 0.15) is 0 Å². The maximum absolute atomic E-state index is 12.7. The van der Waals surface area contributed by atoms with Gasteiger partial charge in [-0.1, -0.05) is 37.3 Å². The van der Waals surface area contributed by atoms with Crippen molar-refractivity contribution < 1.29 is 4.79 Å². The molecule has 3 rings (SSSR count). The lowest BCUT2D eigenvalue weighted by Crippen LogP contribution is -2.13. The number of hydrogen-bond acceptors (Lipinski definition) is 1. The number of carbonyl (C=O) groups excluding carboxylic acids is 1. The van der Waals surface area contributed by atoms with E-state index in [1.807, 2.05) is 24.4 Å². The summed E-state index contributed by atoms with van der Waals surface area (Å²) >= 11 is 6.04. The molecular formula is C16H18ClNO. The number of rotatable bonds is 2. The minimum Gasteiger partial charge on any atom is -0.360 e. The highest BCUT2D eigenvalue weighted by molar-refractivity contribution is 6.31. The molecule has 0 amide bonds. The van der Waals surface area contributed by atoms with E-state index in [4.69, 9.17) is 11.6 Å². The Hall–Kier alpha value is -1.28. The van der Waals surface area contributed by atoms with E-state index in [0.717, 1.165) is 29.3 Å². The SMILES string of the molecule is O=C(c1c[nH]c2ccc(Cl)cc12)C1CCCCCC1. The van der Waals surface area contributed by atoms with Gasteiger partial charge >= 0.3 is 0 Å². The van der Waals surface area contributed by atoms with Crippen LogP contribution in [0.3, 0.4) is 0 Å². The number of halogens is 1. The van der Waals surface area contributed by atoms with Crippen molar-refractivity contribution in [2.24, 2.45) is 5.92 Å². The second-order valence-corrected chi connectivity index (χ2v) is 5.88. The van der Waals surface area contributed by atoms with E-state index in [0.29, 0.717) is 5.02 Å². The van der Waals surface area contributed by atoms with Gasteiger partial charge in [0.15, 0.2) is 5.78 Å². The van der Waals surface area contributed by atoms with Crippen LogP contribution in [0, 0.1) is 5.92 Å². The lowest BCUT2D eigenvalue weighted by atomic mass is 9.91. The van der Waals surface area contributed by atoms with Gasteiger partial charge in [0.25, 0.3) is 0 Å². The molecule has 0 bridgehead atoms. The molecular weight excluding hydrogens is 258 g/mol. The maximum Gasteiger partial charge on any atom is 0.168 e. The van der Waals surface area contributed by atoms with Crippen molar-refractivity contribution in [1.29, 1.82) is 0 Å². The maximum atomic E-state index is 12.7. The van der Waals surface area contributed by atoms with Gasteiger partial charge in [0, 0.05) is 33.6 Å². The first-order chi connectivity index (χ1) is 9.25. The van der Waals surface area contributed by atoms with Crippen molar-refractivity contribution in [1.82, 2.24) is 4.98 Å². The van der Waals surface area contributed by atoms with Crippen LogP contribution >= 0.6 is 11.6 Å². The third-order valence-electron chi connectivity index (χ3n) is 4.14. The molecule has 0 radical (unpaired) electrons. The van der Waals surface area contributed by atoms with E-state index < -0.39 is 0 Å². The Morgan fingerprint density at radius 2 is 1.89 bits per heavy atom. The molecule has 1 fully saturated rings. The molecule has 0 spiro atoms. The number of ketones is 1. The molecule has 1 saturated carbocycles. The van der Waals surface area contributed by atoms with E-state index in [1.165, 1.54) is 25.7 Å². The third kappa shape index (κ3) is 2.55. The van der Waals surface area contributed by atoms with Crippen LogP contribution in [0.5, 0.6) is 0 Å². The van der Waals surface area contributed by atoms with E-state index in [9.17, 15) is 4.79 Å². The monoisotopic (exact) mass is 275 g/mol. The number of benzene rings is 1. The Bertz CT molecular complexity index is 594. The van der Waals surface area contributed by atoms with Crippen LogP contribution in [0.1, 0.15) is 48.9 Å². The van der Waals surface area contributed by atoms with Gasteiger partial charge in [-0.3, -0.25) is 4.79 Å². The average Bonchev–Trinajstić information content (AvgIpc) is 2.64. The number of hydrogen-bond donors (Lipinski definition) is 1. The molecule has 2 nitrogen and oxygen atoms in total. The first-order valence-electron chi connectivity index (χ1n) is 7.06. The molecule has 0 atom stereocenters. The number of carbonyl (C=O) groups is 1. The lowest BCUT2D eigenvalue weighted by Gasteiger charge is -2.11. The van der Waals surface area contributed by atoms with Crippen LogP contribution in [-0.2, 0) is 0 Å². The molecule has 100 valence electrons. The van der Waals surface area contributed by atoms with Crippen molar-refractivity contribution in [2.75, 3.05) is 0 Å². The Morgan fingerprint density at radius 3 is 2.63 bits per heavy atom. The summed E-state index contributed by atoms with van der Waals surface area (Å²) in [7, 11) is 0. The normalized spacial score (nSPS) is 17.5. The fourth-order valence-electron chi connectivity index (χ4n) is 3.06. The number of fused-ring (bicyclic) bond motifs is 1. The highest BCUT2D eigenvalue weighted by atomic mass is 35.5. The van der Waals surface area contributed by atoms with Gasteiger partial charge in [-0.05, 0) is 31.0 Å². The summed E-state index contributed by atoms with van der Waals surface area (Å²) in [6.45, 7) is 0. The highest BCUT2D eigenvalue weighted by Crippen LogP contribution is 2.30. The molecule has 2 aromatic rings. The van der Waals surface area contributed by atoms with Gasteiger partial charge in [-0.15, -0.1) is 0 Å². The Labute approximate surface area is 118 Å². The summed E-state index contributed by atoms with van der Waals surface area (Å²) in [5.74, 6) is 0.482. The summed E-state index contributed by atoms with van der Waals surface area (Å²) in [5, 5.41) is 1.64. The predicted octanol–water partition coefficient (Wildman–Crippen LogP) is 4.97. The van der Waals surface area contributed by atoms with Crippen molar-refractivity contribution in [2.45, 2.75) is 38.5 Å². The van der Waals surface area contributed by atoms with Gasteiger partial charge < -0.3 is 4.98 Å². The average molecular weight is 276 g/mol. The fraction of sp³-hybridized carbons (Fsp3) is 0.438. The van der Waals surface area contributed by atoms with Crippen molar-refractivity contribution in [3.8, 4) is 0 Å². The quantitative estimate of drug-likeness (QED) is 0.609. The van der Waals surface area contributed by atoms with E-state index in [1.54, 1.807) is 0 Å². The molecule has 0 unspecified atom stereocenters. The predicted molar refractivity (Wildman–Crippen MR) is 78.8 cm³/mol. The molecule has 1 heterocycles. The zero-order valence-corrected chi connectivity index (χ0v) is 11.7. The zero-order chi connectivity index (χ0) is 13.2. The number of Topliss-reactive ketones (excluding diaryl/α,β-unsaturated/α-hetero) is 1. The fourth-order valence-corrected chi connectivity index (χ4v) is 3.23. The van der Waals surface area contributed by atoms with E-state index in [-0.39, 0.29) is 11.7 Å². The second kappa shape index (κ2) is 5.38. The summed E-state index contributed by atoms with van der Waals surface area (Å²) in [6.07, 6.45) is 8.80. The second-order valence-electron chi connectivity index (χ2n) is 5.44. The number of aromatic nitrogens is 1. The molecule has 1 aromatic carbocycles. The lowest BCUT2D eigenvalue weighted by molar-refractivity contribution is 0.0909. The van der Waals surface area contributed by atoms with Crippen molar-refractivity contribution in [3.63, 3.8) is 0 Å². The smallest absolute Gasteiger partial charge is 0.168 e. The van der Waals surface area contributed by atoms with Crippen LogP contribution < -0.4 is 0 Å². The zero-order valence-electron chi connectivity index (χ0n) is 10.9. The summed E-state index contributed by atoms with van der Waals surface area (Å²) in [4.78, 5) is 15.8. The number of nitrogens with one attached hydrogen (secondary N) is 1. The Kier molecular flexibility index (Phi) is 3.61. The Morgan fingerprint density at radius 1 is 1.16 bits per heavy atom. The van der Waals surface area contributed by atoms with Crippen LogP contribution in [0.4, 0.5) is 0 Å². The largest absolute Gasteiger partial charge is 0.360 e. The molecule has 0 saturated heterocycles. The van der Waals surface area contributed by atoms with Gasteiger partial charge in [-0.2, -0.15) is 0 Å². The summed E-state index contributed by atoms with van der Waals surface area (Å²) < 4.78 is 0. The topological polar surface area (TPSA) is 32.9 Å². The van der Waals surface area contributed by atoms with E-state index in [2.05, 4.69) is 4.98 Å². The Balaban J connectivity index is 1.94. The van der Waals surface area contributed by atoms with Crippen LogP contribution in [0.15, 0.2) is 24.4 Å². The van der Waals surface area contributed by atoms with Gasteiger partial charge in [0.2, 0.25) is 0 Å². The number of H-pyrrole nitrogens is 1. The molecule has 3 heteroatoms. The van der Waals surface area contributed by atoms with Crippen LogP contribution in [0.2, 0.25) is 5.02 Å². The molecule has 1 N–H and O–H groups in total. The van der Waals surface area contributed by atoms with Crippen LogP contribution in [0.25, 0.3) is 10.9 Å². The van der Waals surface area contributed by atoms with Crippen LogP contribution in [-0.4, -0.2) is 10.8 Å². The molecule has 1 aliphatic rings. The highest BCUT2D eigenvalue weighted by Gasteiger charge is 2.23. The van der Waals surface area contributed by atoms with Crippen molar-refractivity contribution in [3.05, 3.63) is 35.0 Å². The standard InChI is InChI=1S/C16H18ClNO/c17-12-7-8-15-13(9-12)14(10-18-15)16(19)11-5-3-1-2-4-6-11/h7-11,18H,1-6H2. The molecule has 1 aromatic heterocycles. The van der Waals surface area contributed by atoms with E-state index >= 15 is 0 Å². The minimum absolute atomic E-state index is 0.195. The first kappa shape index (κ1) is 12.7. The summed E-state index contributed by atoms with van der Waals surface area (Å²) in [5.41, 5.74) is 1.80. The first-order valence-corrected chi connectivity index (χ1v) is 7.44. The third-order valence-corrected chi connectivity index (χ3v) is 4.37. The number of aromatic amines is 1. The molecule has 0 aliphatic heterocycles.